The first-order chi connectivity index (χ1) is 15.9. The third-order valence-corrected chi connectivity index (χ3v) is 6.79. The summed E-state index contributed by atoms with van der Waals surface area (Å²) in [4.78, 5) is 28.6. The standard InChI is InChI=1S/C25H23ClFN3O3/c26-20-10-15(27)9-19-18-11-16(6-7-22(18)30(25(19)20)13-24(32)33)29-23(31)8-5-14-12-28-21-4-2-1-3-17(14)21/h1-3,9-10,12,16H,4-8,11,13H2,(H,29,31)(H,32,33). The Morgan fingerprint density at radius 1 is 1.33 bits per heavy atom. The van der Waals surface area contributed by atoms with Gasteiger partial charge in [0, 0.05) is 41.7 Å². The van der Waals surface area contributed by atoms with E-state index >= 15 is 0 Å². The molecule has 33 heavy (non-hydrogen) atoms. The molecule has 1 aromatic carbocycles. The highest BCUT2D eigenvalue weighted by Crippen LogP contribution is 2.36. The van der Waals surface area contributed by atoms with Gasteiger partial charge in [0.05, 0.1) is 16.3 Å². The zero-order valence-corrected chi connectivity index (χ0v) is 18.7. The van der Waals surface area contributed by atoms with Crippen molar-refractivity contribution in [3.05, 3.63) is 69.8 Å². The molecule has 2 heterocycles. The molecule has 5 rings (SSSR count). The van der Waals surface area contributed by atoms with Crippen LogP contribution >= 0.6 is 11.6 Å². The van der Waals surface area contributed by atoms with Crippen molar-refractivity contribution in [2.24, 2.45) is 4.99 Å². The molecule has 1 aliphatic heterocycles. The Labute approximate surface area is 195 Å². The number of hydrogen-bond acceptors (Lipinski definition) is 3. The molecule has 0 saturated carbocycles. The quantitative estimate of drug-likeness (QED) is 0.656. The summed E-state index contributed by atoms with van der Waals surface area (Å²) < 4.78 is 15.8. The number of nitrogens with zero attached hydrogens (tertiary/aromatic N) is 2. The van der Waals surface area contributed by atoms with Crippen LogP contribution in [0.2, 0.25) is 5.02 Å². The fourth-order valence-electron chi connectivity index (χ4n) is 5.07. The minimum Gasteiger partial charge on any atom is -0.480 e. The van der Waals surface area contributed by atoms with E-state index in [-0.39, 0.29) is 23.5 Å². The highest BCUT2D eigenvalue weighted by Gasteiger charge is 2.28. The predicted molar refractivity (Wildman–Crippen MR) is 125 cm³/mol. The highest BCUT2D eigenvalue weighted by molar-refractivity contribution is 6.35. The number of benzene rings is 1. The van der Waals surface area contributed by atoms with E-state index in [2.05, 4.69) is 16.4 Å². The van der Waals surface area contributed by atoms with Crippen LogP contribution < -0.4 is 5.32 Å². The fourth-order valence-corrected chi connectivity index (χ4v) is 5.38. The monoisotopic (exact) mass is 467 g/mol. The summed E-state index contributed by atoms with van der Waals surface area (Å²) in [6.07, 6.45) is 11.6. The molecule has 0 spiro atoms. The number of aromatic nitrogens is 1. The zero-order valence-electron chi connectivity index (χ0n) is 17.9. The summed E-state index contributed by atoms with van der Waals surface area (Å²) in [7, 11) is 0. The highest BCUT2D eigenvalue weighted by atomic mass is 35.5. The van der Waals surface area contributed by atoms with E-state index < -0.39 is 11.8 Å². The Morgan fingerprint density at radius 3 is 3.00 bits per heavy atom. The number of fused-ring (bicyclic) bond motifs is 4. The maximum Gasteiger partial charge on any atom is 0.323 e. The number of carbonyl (C=O) groups is 2. The summed E-state index contributed by atoms with van der Waals surface area (Å²) in [6.45, 7) is -0.238. The number of amides is 1. The molecule has 3 aliphatic rings. The van der Waals surface area contributed by atoms with Gasteiger partial charge in [0.15, 0.2) is 0 Å². The topological polar surface area (TPSA) is 83.7 Å². The maximum atomic E-state index is 14.1. The van der Waals surface area contributed by atoms with Crippen LogP contribution in [-0.2, 0) is 29.0 Å². The molecule has 170 valence electrons. The van der Waals surface area contributed by atoms with Gasteiger partial charge in [0.2, 0.25) is 5.91 Å². The number of halogens is 2. The Bertz CT molecular complexity index is 1300. The van der Waals surface area contributed by atoms with E-state index in [1.807, 2.05) is 18.4 Å². The van der Waals surface area contributed by atoms with Gasteiger partial charge in [0.25, 0.3) is 0 Å². The normalized spacial score (nSPS) is 19.0. The van der Waals surface area contributed by atoms with Gasteiger partial charge in [-0.05, 0) is 49.0 Å². The number of carbonyl (C=O) groups excluding carboxylic acids is 1. The van der Waals surface area contributed by atoms with Crippen molar-refractivity contribution in [3.8, 4) is 0 Å². The van der Waals surface area contributed by atoms with Crippen LogP contribution in [-0.4, -0.2) is 33.3 Å². The minimum atomic E-state index is -0.984. The smallest absolute Gasteiger partial charge is 0.323 e. The third kappa shape index (κ3) is 4.13. The maximum absolute atomic E-state index is 14.1. The van der Waals surface area contributed by atoms with E-state index in [1.165, 1.54) is 12.1 Å². The first-order valence-electron chi connectivity index (χ1n) is 11.0. The lowest BCUT2D eigenvalue weighted by molar-refractivity contribution is -0.137. The average Bonchev–Trinajstić information content (AvgIpc) is 3.31. The van der Waals surface area contributed by atoms with Crippen LogP contribution in [0.1, 0.15) is 36.9 Å². The first-order valence-corrected chi connectivity index (χ1v) is 11.4. The molecule has 1 unspecified atom stereocenters. The number of aliphatic carboxylic acids is 1. The zero-order chi connectivity index (χ0) is 23.1. The van der Waals surface area contributed by atoms with Crippen molar-refractivity contribution < 1.29 is 19.1 Å². The van der Waals surface area contributed by atoms with E-state index in [9.17, 15) is 19.1 Å². The lowest BCUT2D eigenvalue weighted by Gasteiger charge is -2.25. The molecular weight excluding hydrogens is 445 g/mol. The molecule has 0 fully saturated rings. The second-order valence-corrected chi connectivity index (χ2v) is 9.05. The molecule has 2 aromatic rings. The van der Waals surface area contributed by atoms with Crippen LogP contribution in [0.3, 0.4) is 0 Å². The van der Waals surface area contributed by atoms with E-state index in [0.29, 0.717) is 43.0 Å². The van der Waals surface area contributed by atoms with E-state index in [0.717, 1.165) is 34.5 Å². The van der Waals surface area contributed by atoms with Crippen molar-refractivity contribution in [2.45, 2.75) is 51.1 Å². The predicted octanol–water partition coefficient (Wildman–Crippen LogP) is 4.50. The number of rotatable bonds is 6. The Morgan fingerprint density at radius 2 is 2.18 bits per heavy atom. The summed E-state index contributed by atoms with van der Waals surface area (Å²) >= 11 is 6.30. The van der Waals surface area contributed by atoms with Gasteiger partial charge >= 0.3 is 5.97 Å². The van der Waals surface area contributed by atoms with Gasteiger partial charge < -0.3 is 15.0 Å². The number of aliphatic imine (C=N–C) groups is 1. The summed E-state index contributed by atoms with van der Waals surface area (Å²) in [6, 6.07) is 2.51. The Balaban J connectivity index is 1.30. The minimum absolute atomic E-state index is 0.0387. The van der Waals surface area contributed by atoms with Gasteiger partial charge in [-0.15, -0.1) is 0 Å². The number of nitrogens with one attached hydrogen (secondary N) is 1. The van der Waals surface area contributed by atoms with Crippen LogP contribution in [0.15, 0.2) is 52.7 Å². The van der Waals surface area contributed by atoms with Crippen LogP contribution in [0, 0.1) is 5.82 Å². The summed E-state index contributed by atoms with van der Waals surface area (Å²) in [5.74, 6) is -1.49. The van der Waals surface area contributed by atoms with E-state index in [1.54, 1.807) is 4.57 Å². The van der Waals surface area contributed by atoms with Crippen LogP contribution in [0.25, 0.3) is 10.9 Å². The van der Waals surface area contributed by atoms with Crippen molar-refractivity contribution in [1.29, 1.82) is 0 Å². The molecular formula is C25H23ClFN3O3. The fraction of sp³-hybridized carbons (Fsp3) is 0.320. The molecule has 2 aliphatic carbocycles. The van der Waals surface area contributed by atoms with Gasteiger partial charge in [-0.2, -0.15) is 0 Å². The largest absolute Gasteiger partial charge is 0.480 e. The van der Waals surface area contributed by atoms with Gasteiger partial charge in [0.1, 0.15) is 12.4 Å². The molecule has 0 radical (unpaired) electrons. The third-order valence-electron chi connectivity index (χ3n) is 6.50. The lowest BCUT2D eigenvalue weighted by Crippen LogP contribution is -2.39. The van der Waals surface area contributed by atoms with Crippen molar-refractivity contribution in [3.63, 3.8) is 0 Å². The first kappa shape index (κ1) is 21.6. The Hall–Kier alpha value is -3.19. The SMILES string of the molecule is O=C(O)Cn1c2c(c3cc(F)cc(Cl)c31)CC(NC(=O)CCC1=CN=C3CC=CC=C13)CC2. The van der Waals surface area contributed by atoms with Crippen LogP contribution in [0.4, 0.5) is 4.39 Å². The lowest BCUT2D eigenvalue weighted by atomic mass is 9.91. The summed E-state index contributed by atoms with van der Waals surface area (Å²) in [5, 5.41) is 13.3. The number of allylic oxidation sites excluding steroid dienone is 5. The number of carboxylic acids is 1. The van der Waals surface area contributed by atoms with Gasteiger partial charge in [-0.1, -0.05) is 29.8 Å². The molecule has 0 bridgehead atoms. The van der Waals surface area contributed by atoms with Gasteiger partial charge in [-0.25, -0.2) is 4.39 Å². The molecule has 2 N–H and O–H groups in total. The van der Waals surface area contributed by atoms with Crippen LogP contribution in [0.5, 0.6) is 0 Å². The molecule has 6 nitrogen and oxygen atoms in total. The van der Waals surface area contributed by atoms with Crippen molar-refractivity contribution in [2.75, 3.05) is 0 Å². The molecule has 1 atom stereocenters. The second-order valence-electron chi connectivity index (χ2n) is 8.64. The summed E-state index contributed by atoms with van der Waals surface area (Å²) in [5.41, 5.74) is 5.51. The van der Waals surface area contributed by atoms with Crippen molar-refractivity contribution >= 4 is 40.1 Å². The number of carboxylic acid groups (broad SMARTS) is 1. The van der Waals surface area contributed by atoms with Gasteiger partial charge in [-0.3, -0.25) is 14.6 Å². The number of hydrogen-bond donors (Lipinski definition) is 2. The van der Waals surface area contributed by atoms with Crippen molar-refractivity contribution in [1.82, 2.24) is 9.88 Å². The molecule has 1 aromatic heterocycles. The Kier molecular flexibility index (Phi) is 5.66. The molecule has 1 amide bonds. The second kappa shape index (κ2) is 8.63. The molecule has 0 saturated heterocycles. The molecule has 8 heteroatoms. The average molecular weight is 468 g/mol. The van der Waals surface area contributed by atoms with E-state index in [4.69, 9.17) is 11.6 Å².